The number of ether oxygens (including phenoxy) is 1. The van der Waals surface area contributed by atoms with Crippen LogP contribution < -0.4 is 10.6 Å². The molecule has 1 aliphatic carbocycles. The van der Waals surface area contributed by atoms with Gasteiger partial charge in [-0.05, 0) is 43.4 Å². The van der Waals surface area contributed by atoms with Gasteiger partial charge >= 0.3 is 6.03 Å². The molecule has 0 aromatic heterocycles. The molecule has 5 nitrogen and oxygen atoms in total. The standard InChI is InChI=1S/C17H21Cl2N3O2/c18-11-3-12(19)5-13(4-11)20-17(23)21-14-6-15-9-24-16(10-1-2-10)8-22(15)7-14/h3-5,10,14-16H,1-2,6-9H2,(H2,20,21,23)/t14-,15-,16-/m0/s1. The molecule has 0 bridgehead atoms. The van der Waals surface area contributed by atoms with E-state index in [1.165, 1.54) is 12.8 Å². The van der Waals surface area contributed by atoms with Gasteiger partial charge in [-0.3, -0.25) is 4.90 Å². The van der Waals surface area contributed by atoms with Crippen molar-refractivity contribution in [3.8, 4) is 0 Å². The molecule has 1 aromatic carbocycles. The first-order valence-electron chi connectivity index (χ1n) is 8.46. The lowest BCUT2D eigenvalue weighted by molar-refractivity contribution is -0.0581. The van der Waals surface area contributed by atoms with E-state index in [1.807, 2.05) is 0 Å². The van der Waals surface area contributed by atoms with Crippen molar-refractivity contribution in [2.75, 3.05) is 25.0 Å². The highest BCUT2D eigenvalue weighted by atomic mass is 35.5. The number of nitrogens with one attached hydrogen (secondary N) is 2. The Morgan fingerprint density at radius 1 is 1.17 bits per heavy atom. The summed E-state index contributed by atoms with van der Waals surface area (Å²) in [6.45, 7) is 2.67. The summed E-state index contributed by atoms with van der Waals surface area (Å²) >= 11 is 11.9. The summed E-state index contributed by atoms with van der Waals surface area (Å²) < 4.78 is 5.99. The van der Waals surface area contributed by atoms with Crippen molar-refractivity contribution in [2.24, 2.45) is 5.92 Å². The number of nitrogens with zero attached hydrogens (tertiary/aromatic N) is 1. The maximum atomic E-state index is 12.2. The van der Waals surface area contributed by atoms with Crippen molar-refractivity contribution in [3.63, 3.8) is 0 Å². The Morgan fingerprint density at radius 3 is 2.62 bits per heavy atom. The number of urea groups is 1. The van der Waals surface area contributed by atoms with Crippen LogP contribution >= 0.6 is 23.2 Å². The minimum Gasteiger partial charge on any atom is -0.375 e. The van der Waals surface area contributed by atoms with Gasteiger partial charge in [-0.2, -0.15) is 0 Å². The highest BCUT2D eigenvalue weighted by Gasteiger charge is 2.42. The molecule has 0 unspecified atom stereocenters. The Kier molecular flexibility index (Phi) is 4.60. The molecule has 2 N–H and O–H groups in total. The normalized spacial score (nSPS) is 30.0. The fourth-order valence-corrected chi connectivity index (χ4v) is 4.26. The number of carbonyl (C=O) groups is 1. The smallest absolute Gasteiger partial charge is 0.319 e. The Morgan fingerprint density at radius 2 is 1.92 bits per heavy atom. The lowest BCUT2D eigenvalue weighted by Gasteiger charge is -2.35. The van der Waals surface area contributed by atoms with Gasteiger partial charge in [0.25, 0.3) is 0 Å². The summed E-state index contributed by atoms with van der Waals surface area (Å²) in [5.41, 5.74) is 0.595. The lowest BCUT2D eigenvalue weighted by atomic mass is 10.1. The maximum absolute atomic E-state index is 12.2. The molecule has 24 heavy (non-hydrogen) atoms. The highest BCUT2D eigenvalue weighted by Crippen LogP contribution is 2.37. The zero-order valence-electron chi connectivity index (χ0n) is 13.3. The van der Waals surface area contributed by atoms with Crippen LogP contribution in [0.1, 0.15) is 19.3 Å². The predicted octanol–water partition coefficient (Wildman–Crippen LogP) is 3.37. The molecule has 2 amide bonds. The molecule has 2 aliphatic heterocycles. The van der Waals surface area contributed by atoms with E-state index < -0.39 is 0 Å². The number of anilines is 1. The first kappa shape index (κ1) is 16.5. The Hall–Kier alpha value is -1.01. The van der Waals surface area contributed by atoms with Crippen molar-refractivity contribution in [2.45, 2.75) is 37.5 Å². The number of morpholine rings is 1. The van der Waals surface area contributed by atoms with Gasteiger partial charge in [0.15, 0.2) is 0 Å². The number of hydrogen-bond donors (Lipinski definition) is 2. The molecule has 3 fully saturated rings. The average molecular weight is 370 g/mol. The van der Waals surface area contributed by atoms with E-state index in [-0.39, 0.29) is 12.1 Å². The zero-order chi connectivity index (χ0) is 16.7. The van der Waals surface area contributed by atoms with Crippen LogP contribution in [0.2, 0.25) is 10.0 Å². The molecular formula is C17H21Cl2N3O2. The third kappa shape index (κ3) is 3.80. The molecule has 7 heteroatoms. The van der Waals surface area contributed by atoms with Crippen molar-refractivity contribution < 1.29 is 9.53 Å². The molecule has 130 valence electrons. The average Bonchev–Trinajstić information content (AvgIpc) is 3.26. The summed E-state index contributed by atoms with van der Waals surface area (Å²) in [7, 11) is 0. The molecule has 3 atom stereocenters. The van der Waals surface area contributed by atoms with Gasteiger partial charge in [0, 0.05) is 40.9 Å². The van der Waals surface area contributed by atoms with Gasteiger partial charge in [0.2, 0.25) is 0 Å². The van der Waals surface area contributed by atoms with Crippen LogP contribution in [0.4, 0.5) is 10.5 Å². The fraction of sp³-hybridized carbons (Fsp3) is 0.588. The third-order valence-corrected chi connectivity index (χ3v) is 5.48. The van der Waals surface area contributed by atoms with Crippen molar-refractivity contribution in [1.29, 1.82) is 0 Å². The van der Waals surface area contributed by atoms with E-state index in [4.69, 9.17) is 27.9 Å². The Balaban J connectivity index is 1.30. The number of rotatable bonds is 3. The lowest BCUT2D eigenvalue weighted by Crippen LogP contribution is -2.47. The maximum Gasteiger partial charge on any atom is 0.319 e. The molecule has 2 saturated heterocycles. The Labute approximate surface area is 151 Å². The fourth-order valence-electron chi connectivity index (χ4n) is 3.74. The van der Waals surface area contributed by atoms with Crippen LogP contribution in [0, 0.1) is 5.92 Å². The minimum atomic E-state index is -0.224. The molecule has 1 aromatic rings. The monoisotopic (exact) mass is 369 g/mol. The number of fused-ring (bicyclic) bond motifs is 1. The van der Waals surface area contributed by atoms with E-state index in [2.05, 4.69) is 15.5 Å². The quantitative estimate of drug-likeness (QED) is 0.858. The zero-order valence-corrected chi connectivity index (χ0v) is 14.8. The van der Waals surface area contributed by atoms with Gasteiger partial charge in [0.05, 0.1) is 12.7 Å². The number of carbonyl (C=O) groups excluding carboxylic acids is 1. The van der Waals surface area contributed by atoms with Gasteiger partial charge in [-0.25, -0.2) is 4.79 Å². The summed E-state index contributed by atoms with van der Waals surface area (Å²) in [5.74, 6) is 0.758. The molecule has 3 aliphatic rings. The Bertz CT molecular complexity index is 618. The van der Waals surface area contributed by atoms with Crippen LogP contribution in [0.3, 0.4) is 0 Å². The predicted molar refractivity (Wildman–Crippen MR) is 94.8 cm³/mol. The van der Waals surface area contributed by atoms with Crippen LogP contribution in [-0.2, 0) is 4.74 Å². The number of benzene rings is 1. The van der Waals surface area contributed by atoms with Crippen LogP contribution in [-0.4, -0.2) is 48.8 Å². The van der Waals surface area contributed by atoms with E-state index in [9.17, 15) is 4.79 Å². The summed E-state index contributed by atoms with van der Waals surface area (Å²) in [4.78, 5) is 14.7. The van der Waals surface area contributed by atoms with Crippen molar-refractivity contribution >= 4 is 34.9 Å². The molecular weight excluding hydrogens is 349 g/mol. The van der Waals surface area contributed by atoms with Crippen LogP contribution in [0.5, 0.6) is 0 Å². The number of halogens is 2. The third-order valence-electron chi connectivity index (χ3n) is 5.05. The first-order chi connectivity index (χ1) is 11.6. The van der Waals surface area contributed by atoms with E-state index in [0.717, 1.165) is 32.0 Å². The second-order valence-corrected chi connectivity index (χ2v) is 7.88. The summed E-state index contributed by atoms with van der Waals surface area (Å²) in [6, 6.07) is 5.34. The summed E-state index contributed by atoms with van der Waals surface area (Å²) in [6.07, 6.45) is 3.92. The largest absolute Gasteiger partial charge is 0.375 e. The molecule has 2 heterocycles. The molecule has 4 rings (SSSR count). The first-order valence-corrected chi connectivity index (χ1v) is 9.21. The van der Waals surface area contributed by atoms with E-state index in [0.29, 0.717) is 27.9 Å². The SMILES string of the molecule is O=C(Nc1cc(Cl)cc(Cl)c1)N[C@H]1C[C@H]2CO[C@H](C3CC3)CN2C1. The van der Waals surface area contributed by atoms with Crippen molar-refractivity contribution in [3.05, 3.63) is 28.2 Å². The number of amides is 2. The second kappa shape index (κ2) is 6.71. The van der Waals surface area contributed by atoms with Gasteiger partial charge in [-0.15, -0.1) is 0 Å². The van der Waals surface area contributed by atoms with Crippen LogP contribution in [0.15, 0.2) is 18.2 Å². The van der Waals surface area contributed by atoms with Crippen LogP contribution in [0.25, 0.3) is 0 Å². The van der Waals surface area contributed by atoms with E-state index >= 15 is 0 Å². The van der Waals surface area contributed by atoms with Crippen molar-refractivity contribution in [1.82, 2.24) is 10.2 Å². The number of hydrogen-bond acceptors (Lipinski definition) is 3. The highest BCUT2D eigenvalue weighted by molar-refractivity contribution is 6.35. The minimum absolute atomic E-state index is 0.145. The molecule has 0 spiro atoms. The van der Waals surface area contributed by atoms with Gasteiger partial charge in [-0.1, -0.05) is 23.2 Å². The topological polar surface area (TPSA) is 53.6 Å². The molecule has 0 radical (unpaired) electrons. The second-order valence-electron chi connectivity index (χ2n) is 7.01. The van der Waals surface area contributed by atoms with Gasteiger partial charge in [0.1, 0.15) is 0 Å². The van der Waals surface area contributed by atoms with Gasteiger partial charge < -0.3 is 15.4 Å². The molecule has 1 saturated carbocycles. The summed E-state index contributed by atoms with van der Waals surface area (Å²) in [5, 5.41) is 6.85. The van der Waals surface area contributed by atoms with E-state index in [1.54, 1.807) is 18.2 Å².